The van der Waals surface area contributed by atoms with Crippen LogP contribution in [0.3, 0.4) is 0 Å². The third-order valence-electron chi connectivity index (χ3n) is 4.43. The maximum Gasteiger partial charge on any atom is 0.338 e. The molecule has 3 rings (SSSR count). The van der Waals surface area contributed by atoms with E-state index in [1.807, 2.05) is 19.1 Å². The normalized spacial score (nSPS) is 18.4. The Morgan fingerprint density at radius 2 is 2.12 bits per heavy atom. The van der Waals surface area contributed by atoms with Crippen LogP contribution in [0.25, 0.3) is 0 Å². The van der Waals surface area contributed by atoms with Crippen molar-refractivity contribution in [3.05, 3.63) is 47.3 Å². The van der Waals surface area contributed by atoms with Crippen molar-refractivity contribution in [2.45, 2.75) is 45.1 Å². The number of carboxylic acids is 1. The Morgan fingerprint density at radius 1 is 1.29 bits per heavy atom. The number of nitrogens with zero attached hydrogens (tertiary/aromatic N) is 1. The first kappa shape index (κ1) is 16.4. The highest BCUT2D eigenvalue weighted by Gasteiger charge is 2.31. The minimum atomic E-state index is -1.11. The number of aromatic carboxylic acids is 1. The highest BCUT2D eigenvalue weighted by atomic mass is 16.4. The predicted molar refractivity (Wildman–Crippen MR) is 86.0 cm³/mol. The average molecular weight is 331 g/mol. The Hall–Kier alpha value is -2.50. The summed E-state index contributed by atoms with van der Waals surface area (Å²) in [7, 11) is 0. The van der Waals surface area contributed by atoms with Crippen LogP contribution >= 0.6 is 0 Å². The number of furan rings is 2. The summed E-state index contributed by atoms with van der Waals surface area (Å²) in [5, 5.41) is 9.00. The number of carbonyl (C=O) groups excluding carboxylic acids is 1. The number of amides is 1. The first-order chi connectivity index (χ1) is 11.6. The fraction of sp³-hybridized carbons (Fsp3) is 0.444. The number of likely N-dealkylation sites (tertiary alicyclic amines) is 1. The lowest BCUT2D eigenvalue weighted by Crippen LogP contribution is -2.34. The largest absolute Gasteiger partial charge is 0.478 e. The van der Waals surface area contributed by atoms with Crippen LogP contribution in [0.4, 0.5) is 0 Å². The molecule has 24 heavy (non-hydrogen) atoms. The van der Waals surface area contributed by atoms with Gasteiger partial charge in [-0.1, -0.05) is 19.8 Å². The summed E-state index contributed by atoms with van der Waals surface area (Å²) in [5.74, 6) is 0.342. The van der Waals surface area contributed by atoms with Crippen molar-refractivity contribution < 1.29 is 23.5 Å². The third-order valence-corrected chi connectivity index (χ3v) is 4.43. The van der Waals surface area contributed by atoms with Gasteiger partial charge in [0.05, 0.1) is 11.6 Å². The Kier molecular flexibility index (Phi) is 4.74. The van der Waals surface area contributed by atoms with Gasteiger partial charge in [-0.3, -0.25) is 4.79 Å². The zero-order valence-electron chi connectivity index (χ0n) is 13.7. The zero-order valence-corrected chi connectivity index (χ0v) is 13.7. The molecular weight excluding hydrogens is 310 g/mol. The lowest BCUT2D eigenvalue weighted by molar-refractivity contribution is 0.0623. The third kappa shape index (κ3) is 3.22. The Morgan fingerprint density at radius 3 is 2.79 bits per heavy atom. The maximum absolute atomic E-state index is 12.8. The molecule has 0 saturated carbocycles. The molecule has 2 aromatic heterocycles. The van der Waals surface area contributed by atoms with E-state index in [0.29, 0.717) is 6.54 Å². The Labute approximate surface area is 140 Å². The summed E-state index contributed by atoms with van der Waals surface area (Å²) in [5.41, 5.74) is -0.0176. The van der Waals surface area contributed by atoms with Crippen LogP contribution in [0.1, 0.15) is 71.1 Å². The fourth-order valence-electron chi connectivity index (χ4n) is 3.11. The second kappa shape index (κ2) is 6.95. The summed E-state index contributed by atoms with van der Waals surface area (Å²) in [6.45, 7) is 2.63. The van der Waals surface area contributed by atoms with E-state index in [-0.39, 0.29) is 23.3 Å². The van der Waals surface area contributed by atoms with E-state index in [1.54, 1.807) is 4.90 Å². The Balaban J connectivity index is 1.88. The second-order valence-corrected chi connectivity index (χ2v) is 6.03. The van der Waals surface area contributed by atoms with Crippen molar-refractivity contribution in [1.82, 2.24) is 4.90 Å². The van der Waals surface area contributed by atoms with Gasteiger partial charge in [0.15, 0.2) is 5.76 Å². The van der Waals surface area contributed by atoms with Gasteiger partial charge in [0, 0.05) is 19.0 Å². The molecule has 0 aliphatic carbocycles. The van der Waals surface area contributed by atoms with Gasteiger partial charge in [-0.05, 0) is 25.0 Å². The van der Waals surface area contributed by atoms with Crippen molar-refractivity contribution in [3.63, 3.8) is 0 Å². The van der Waals surface area contributed by atoms with E-state index >= 15 is 0 Å². The summed E-state index contributed by atoms with van der Waals surface area (Å²) >= 11 is 0. The van der Waals surface area contributed by atoms with Gasteiger partial charge < -0.3 is 18.8 Å². The van der Waals surface area contributed by atoms with E-state index in [0.717, 1.165) is 49.9 Å². The summed E-state index contributed by atoms with van der Waals surface area (Å²) < 4.78 is 11.1. The first-order valence-corrected chi connectivity index (χ1v) is 8.31. The molecular formula is C18H21NO5. The van der Waals surface area contributed by atoms with Crippen molar-refractivity contribution in [2.75, 3.05) is 6.54 Å². The molecule has 0 radical (unpaired) electrons. The lowest BCUT2D eigenvalue weighted by atomic mass is 10.1. The van der Waals surface area contributed by atoms with Crippen LogP contribution in [0.5, 0.6) is 0 Å². The molecule has 1 fully saturated rings. The van der Waals surface area contributed by atoms with E-state index in [9.17, 15) is 9.59 Å². The molecule has 1 aliphatic rings. The molecule has 6 heteroatoms. The molecule has 0 spiro atoms. The first-order valence-electron chi connectivity index (χ1n) is 8.31. The molecule has 6 nitrogen and oxygen atoms in total. The van der Waals surface area contributed by atoms with Gasteiger partial charge in [0.2, 0.25) is 0 Å². The lowest BCUT2D eigenvalue weighted by Gasteiger charge is -2.27. The number of aryl methyl sites for hydroxylation is 1. The molecule has 1 N–H and O–H groups in total. The van der Waals surface area contributed by atoms with Crippen LogP contribution < -0.4 is 0 Å². The van der Waals surface area contributed by atoms with Crippen molar-refractivity contribution in [3.8, 4) is 0 Å². The van der Waals surface area contributed by atoms with Crippen molar-refractivity contribution in [1.29, 1.82) is 0 Å². The minimum absolute atomic E-state index is 0.0176. The molecule has 1 atom stereocenters. The molecule has 1 unspecified atom stereocenters. The number of hydrogen-bond donors (Lipinski definition) is 1. The van der Waals surface area contributed by atoms with Gasteiger partial charge in [-0.2, -0.15) is 0 Å². The van der Waals surface area contributed by atoms with E-state index in [1.165, 1.54) is 6.07 Å². The highest BCUT2D eigenvalue weighted by Crippen LogP contribution is 2.32. The molecule has 1 amide bonds. The van der Waals surface area contributed by atoms with E-state index in [4.69, 9.17) is 13.9 Å². The molecule has 128 valence electrons. The van der Waals surface area contributed by atoms with Crippen LogP contribution in [0.2, 0.25) is 0 Å². The van der Waals surface area contributed by atoms with Gasteiger partial charge in [0.1, 0.15) is 17.8 Å². The summed E-state index contributed by atoms with van der Waals surface area (Å²) in [6.07, 6.45) is 5.73. The molecule has 0 bridgehead atoms. The monoisotopic (exact) mass is 331 g/mol. The molecule has 3 heterocycles. The molecule has 1 aliphatic heterocycles. The average Bonchev–Trinajstić information content (AvgIpc) is 3.19. The van der Waals surface area contributed by atoms with E-state index < -0.39 is 5.97 Å². The van der Waals surface area contributed by atoms with Gasteiger partial charge in [0.25, 0.3) is 5.91 Å². The predicted octanol–water partition coefficient (Wildman–Crippen LogP) is 3.89. The van der Waals surface area contributed by atoms with Crippen LogP contribution in [-0.2, 0) is 6.42 Å². The van der Waals surface area contributed by atoms with Gasteiger partial charge in [-0.25, -0.2) is 4.79 Å². The highest BCUT2D eigenvalue weighted by molar-refractivity contribution is 5.95. The molecule has 1 saturated heterocycles. The quantitative estimate of drug-likeness (QED) is 0.919. The second-order valence-electron chi connectivity index (χ2n) is 6.03. The minimum Gasteiger partial charge on any atom is -0.478 e. The van der Waals surface area contributed by atoms with Crippen LogP contribution in [-0.4, -0.2) is 28.4 Å². The Bertz CT molecular complexity index is 729. The van der Waals surface area contributed by atoms with Crippen LogP contribution in [0.15, 0.2) is 33.3 Å². The number of carbonyl (C=O) groups is 2. The zero-order chi connectivity index (χ0) is 17.1. The molecule has 2 aromatic rings. The maximum atomic E-state index is 12.8. The number of rotatable bonds is 4. The smallest absolute Gasteiger partial charge is 0.338 e. The standard InChI is InChI=1S/C18H21NO5/c1-2-13-7-8-15(24-13)14-6-4-3-5-9-19(14)17(20)16-10-12(11-23-16)18(21)22/h7-8,10-11,14H,2-6,9H2,1H3,(H,21,22). The fourth-order valence-corrected chi connectivity index (χ4v) is 3.11. The number of carboxylic acid groups (broad SMARTS) is 1. The van der Waals surface area contributed by atoms with Crippen molar-refractivity contribution >= 4 is 11.9 Å². The van der Waals surface area contributed by atoms with Crippen LogP contribution in [0, 0.1) is 0 Å². The summed E-state index contributed by atoms with van der Waals surface area (Å²) in [4.78, 5) is 25.6. The number of hydrogen-bond acceptors (Lipinski definition) is 4. The summed E-state index contributed by atoms with van der Waals surface area (Å²) in [6, 6.07) is 5.02. The molecule has 0 aromatic carbocycles. The van der Waals surface area contributed by atoms with E-state index in [2.05, 4.69) is 0 Å². The topological polar surface area (TPSA) is 83.9 Å². The van der Waals surface area contributed by atoms with Gasteiger partial charge in [-0.15, -0.1) is 0 Å². The SMILES string of the molecule is CCc1ccc(C2CCCCCN2C(=O)c2cc(C(=O)O)co2)o1. The van der Waals surface area contributed by atoms with Crippen molar-refractivity contribution in [2.24, 2.45) is 0 Å². The van der Waals surface area contributed by atoms with Gasteiger partial charge >= 0.3 is 5.97 Å².